The zero-order chi connectivity index (χ0) is 30.3. The highest BCUT2D eigenvalue weighted by Gasteiger charge is 2.19. The molecule has 2 heterocycles. The van der Waals surface area contributed by atoms with Gasteiger partial charge in [-0.25, -0.2) is 4.39 Å². The highest BCUT2D eigenvalue weighted by molar-refractivity contribution is 6.39. The van der Waals surface area contributed by atoms with Crippen LogP contribution >= 0.6 is 23.2 Å². The summed E-state index contributed by atoms with van der Waals surface area (Å²) in [6.45, 7) is 2.56. The molecule has 0 saturated carbocycles. The number of methoxy groups -OCH3 is 1. The van der Waals surface area contributed by atoms with Gasteiger partial charge in [0.1, 0.15) is 11.3 Å². The van der Waals surface area contributed by atoms with Crippen molar-refractivity contribution < 1.29 is 28.2 Å². The lowest BCUT2D eigenvalue weighted by Gasteiger charge is -2.23. The van der Waals surface area contributed by atoms with Gasteiger partial charge in [-0.2, -0.15) is 0 Å². The molecule has 1 saturated heterocycles. The Morgan fingerprint density at radius 3 is 2.44 bits per heavy atom. The number of carbonyl (C=O) groups is 2. The van der Waals surface area contributed by atoms with Gasteiger partial charge in [0.15, 0.2) is 23.1 Å². The maximum absolute atomic E-state index is 15.1. The zero-order valence-corrected chi connectivity index (χ0v) is 24.7. The number of ether oxygens (including phenoxy) is 3. The van der Waals surface area contributed by atoms with E-state index in [1.54, 1.807) is 49.7 Å². The predicted octanol–water partition coefficient (Wildman–Crippen LogP) is 6.11. The van der Waals surface area contributed by atoms with Crippen LogP contribution in [0.5, 0.6) is 23.0 Å². The van der Waals surface area contributed by atoms with Crippen molar-refractivity contribution in [3.8, 4) is 23.0 Å². The van der Waals surface area contributed by atoms with E-state index in [9.17, 15) is 9.59 Å². The van der Waals surface area contributed by atoms with Crippen molar-refractivity contribution in [3.05, 3.63) is 82.2 Å². The second kappa shape index (κ2) is 13.9. The number of halogens is 3. The summed E-state index contributed by atoms with van der Waals surface area (Å²) < 4.78 is 32.7. The molecule has 2 amide bonds. The van der Waals surface area contributed by atoms with Gasteiger partial charge in [-0.15, -0.1) is 0 Å². The summed E-state index contributed by atoms with van der Waals surface area (Å²) in [4.78, 5) is 29.1. The van der Waals surface area contributed by atoms with Crippen LogP contribution in [-0.2, 0) is 16.1 Å². The number of hydrogen-bond acceptors (Lipinski definition) is 7. The van der Waals surface area contributed by atoms with Crippen LogP contribution < -0.4 is 30.2 Å². The Morgan fingerprint density at radius 2 is 1.72 bits per heavy atom. The summed E-state index contributed by atoms with van der Waals surface area (Å²) in [5.74, 6) is -0.854. The lowest BCUT2D eigenvalue weighted by atomic mass is 9.99. The van der Waals surface area contributed by atoms with Crippen molar-refractivity contribution in [1.29, 1.82) is 0 Å². The van der Waals surface area contributed by atoms with E-state index in [-0.39, 0.29) is 18.0 Å². The number of fused-ring (bicyclic) bond motifs is 1. The number of pyridine rings is 1. The van der Waals surface area contributed by atoms with Crippen LogP contribution in [0.4, 0.5) is 10.1 Å². The third-order valence-corrected chi connectivity index (χ3v) is 7.36. The van der Waals surface area contributed by atoms with Gasteiger partial charge in [-0.05, 0) is 85.9 Å². The van der Waals surface area contributed by atoms with Crippen LogP contribution in [-0.4, -0.2) is 43.6 Å². The molecule has 1 fully saturated rings. The summed E-state index contributed by atoms with van der Waals surface area (Å²) in [7, 11) is 1.54. The smallest absolute Gasteiger partial charge is 0.313 e. The number of nitrogens with zero attached hydrogens (tertiary/aromatic N) is 1. The Labute approximate surface area is 257 Å². The Balaban J connectivity index is 1.24. The molecule has 3 N–H and O–H groups in total. The number of aromatic nitrogens is 1. The highest BCUT2D eigenvalue weighted by atomic mass is 35.5. The van der Waals surface area contributed by atoms with Crippen LogP contribution in [0.25, 0.3) is 10.9 Å². The van der Waals surface area contributed by atoms with Crippen LogP contribution in [0.2, 0.25) is 10.0 Å². The summed E-state index contributed by atoms with van der Waals surface area (Å²) in [6, 6.07) is 13.8. The molecule has 12 heteroatoms. The topological polar surface area (TPSA) is 111 Å². The van der Waals surface area contributed by atoms with Crippen molar-refractivity contribution in [2.75, 3.05) is 32.1 Å². The van der Waals surface area contributed by atoms with E-state index in [4.69, 9.17) is 37.4 Å². The minimum Gasteiger partial charge on any atom is -0.491 e. The Bertz CT molecular complexity index is 1630. The van der Waals surface area contributed by atoms with Crippen LogP contribution in [0.3, 0.4) is 0 Å². The summed E-state index contributed by atoms with van der Waals surface area (Å²) in [6.07, 6.45) is 3.64. The first-order valence-electron chi connectivity index (χ1n) is 13.6. The molecule has 224 valence electrons. The van der Waals surface area contributed by atoms with Gasteiger partial charge in [-0.1, -0.05) is 23.2 Å². The largest absolute Gasteiger partial charge is 0.491 e. The van der Waals surface area contributed by atoms with Crippen molar-refractivity contribution in [2.24, 2.45) is 5.92 Å². The highest BCUT2D eigenvalue weighted by Crippen LogP contribution is 2.40. The quantitative estimate of drug-likeness (QED) is 0.192. The molecular weight excluding hydrogens is 598 g/mol. The fourth-order valence-electron chi connectivity index (χ4n) is 4.75. The average Bonchev–Trinajstić information content (AvgIpc) is 3.00. The molecule has 43 heavy (non-hydrogen) atoms. The third kappa shape index (κ3) is 7.64. The first-order chi connectivity index (χ1) is 20.8. The van der Waals surface area contributed by atoms with Crippen molar-refractivity contribution in [1.82, 2.24) is 15.6 Å². The molecule has 1 aliphatic heterocycles. The van der Waals surface area contributed by atoms with Crippen molar-refractivity contribution in [3.63, 3.8) is 0 Å². The molecule has 5 rings (SSSR count). The first-order valence-corrected chi connectivity index (χ1v) is 14.4. The number of nitrogens with one attached hydrogen (secondary N) is 3. The molecular formula is C31H29Cl2FN4O5. The standard InChI is InChI=1S/C31H29Cl2FN4O5/c1-41-29-27(42-17-18-6-9-35-10-7-18)5-3-23-25(8-11-36-28(23)29)43-26-4-2-22(15-24(26)34)38-31(40)30(39)37-16-19-12-20(32)14-21(33)13-19/h2-5,8,11-15,18,35H,6-7,9-10,16-17H2,1H3,(H,37,39)(H,38,40). The third-order valence-electron chi connectivity index (χ3n) is 6.92. The number of rotatable bonds is 9. The molecule has 9 nitrogen and oxygen atoms in total. The lowest BCUT2D eigenvalue weighted by Crippen LogP contribution is -2.35. The Kier molecular flexibility index (Phi) is 9.81. The normalized spacial score (nSPS) is 13.4. The number of hydrogen-bond donors (Lipinski definition) is 3. The number of anilines is 1. The molecule has 0 spiro atoms. The molecule has 0 aliphatic carbocycles. The van der Waals surface area contributed by atoms with Gasteiger partial charge >= 0.3 is 11.8 Å². The van der Waals surface area contributed by atoms with Gasteiger partial charge < -0.3 is 30.2 Å². The van der Waals surface area contributed by atoms with Crippen LogP contribution in [0.15, 0.2) is 60.8 Å². The van der Waals surface area contributed by atoms with Gasteiger partial charge in [0.05, 0.1) is 13.7 Å². The molecule has 0 bridgehead atoms. The summed E-state index contributed by atoms with van der Waals surface area (Å²) >= 11 is 11.9. The fourth-order valence-corrected chi connectivity index (χ4v) is 5.32. The van der Waals surface area contributed by atoms with Crippen LogP contribution in [0.1, 0.15) is 18.4 Å². The number of piperidine rings is 1. The fraction of sp³-hybridized carbons (Fsp3) is 0.258. The molecule has 1 aliphatic rings. The number of amides is 2. The van der Waals surface area contributed by atoms with E-state index in [0.717, 1.165) is 32.0 Å². The maximum Gasteiger partial charge on any atom is 0.313 e. The zero-order valence-electron chi connectivity index (χ0n) is 23.2. The number of carbonyl (C=O) groups excluding carboxylic acids is 2. The molecule has 0 unspecified atom stereocenters. The van der Waals surface area contributed by atoms with E-state index >= 15 is 4.39 Å². The molecule has 4 aromatic rings. The first kappa shape index (κ1) is 30.3. The van der Waals surface area contributed by atoms with Crippen molar-refractivity contribution in [2.45, 2.75) is 19.4 Å². The number of benzene rings is 3. The van der Waals surface area contributed by atoms with E-state index in [0.29, 0.717) is 56.3 Å². The second-order valence-corrected chi connectivity index (χ2v) is 10.8. The van der Waals surface area contributed by atoms with Gasteiger partial charge in [-0.3, -0.25) is 14.6 Å². The minimum absolute atomic E-state index is 0.0319. The minimum atomic E-state index is -0.966. The second-order valence-electron chi connectivity index (χ2n) is 9.97. The van der Waals surface area contributed by atoms with E-state index in [2.05, 4.69) is 20.9 Å². The van der Waals surface area contributed by atoms with Gasteiger partial charge in [0, 0.05) is 39.9 Å². The molecule has 3 aromatic carbocycles. The van der Waals surface area contributed by atoms with Crippen LogP contribution in [0, 0.1) is 11.7 Å². The van der Waals surface area contributed by atoms with E-state index in [1.165, 1.54) is 12.1 Å². The average molecular weight is 628 g/mol. The summed E-state index contributed by atoms with van der Waals surface area (Å²) in [5.41, 5.74) is 1.21. The SMILES string of the molecule is COc1c(OCC2CCNCC2)ccc2c(Oc3ccc(NC(=O)C(=O)NCc4cc(Cl)cc(Cl)c4)cc3F)ccnc12. The molecule has 0 radical (unpaired) electrons. The van der Waals surface area contributed by atoms with Gasteiger partial charge in [0.2, 0.25) is 0 Å². The van der Waals surface area contributed by atoms with Gasteiger partial charge in [0.25, 0.3) is 0 Å². The monoisotopic (exact) mass is 626 g/mol. The lowest BCUT2D eigenvalue weighted by molar-refractivity contribution is -0.136. The van der Waals surface area contributed by atoms with E-state index < -0.39 is 17.6 Å². The Morgan fingerprint density at radius 1 is 0.977 bits per heavy atom. The molecule has 1 aromatic heterocycles. The summed E-state index contributed by atoms with van der Waals surface area (Å²) in [5, 5.41) is 9.60. The Hall–Kier alpha value is -4.12. The van der Waals surface area contributed by atoms with E-state index in [1.807, 2.05) is 0 Å². The molecule has 0 atom stereocenters. The van der Waals surface area contributed by atoms with Crippen molar-refractivity contribution >= 4 is 51.6 Å². The predicted molar refractivity (Wildman–Crippen MR) is 163 cm³/mol. The maximum atomic E-state index is 15.1.